The zero-order valence-corrected chi connectivity index (χ0v) is 12.7. The maximum absolute atomic E-state index is 11.9. The van der Waals surface area contributed by atoms with Gasteiger partial charge >= 0.3 is 0 Å². The number of benzene rings is 1. The Morgan fingerprint density at radius 1 is 1.19 bits per heavy atom. The van der Waals surface area contributed by atoms with Crippen LogP contribution in [0.15, 0.2) is 35.4 Å². The van der Waals surface area contributed by atoms with Crippen LogP contribution < -0.4 is 11.2 Å². The van der Waals surface area contributed by atoms with E-state index in [1.807, 2.05) is 30.3 Å². The summed E-state index contributed by atoms with van der Waals surface area (Å²) in [5.74, 6) is -0.641. The van der Waals surface area contributed by atoms with E-state index < -0.39 is 5.91 Å². The van der Waals surface area contributed by atoms with E-state index in [1.165, 1.54) is 6.21 Å². The molecule has 1 heterocycles. The predicted octanol–water partition coefficient (Wildman–Crippen LogP) is 3.39. The maximum atomic E-state index is 11.9. The molecule has 0 spiro atoms. The summed E-state index contributed by atoms with van der Waals surface area (Å²) in [6, 6.07) is 9.23. The van der Waals surface area contributed by atoms with Crippen molar-refractivity contribution in [1.29, 1.82) is 0 Å². The molecule has 0 aliphatic heterocycles. The van der Waals surface area contributed by atoms with E-state index in [0.29, 0.717) is 0 Å². The molecule has 1 amide bonds. The molecule has 2 rings (SSSR count). The van der Waals surface area contributed by atoms with Crippen molar-refractivity contribution in [3.8, 4) is 0 Å². The van der Waals surface area contributed by atoms with Crippen LogP contribution >= 0.6 is 34.8 Å². The van der Waals surface area contributed by atoms with Crippen molar-refractivity contribution in [2.75, 3.05) is 5.73 Å². The van der Waals surface area contributed by atoms with Crippen LogP contribution in [-0.2, 0) is 0 Å². The quantitative estimate of drug-likeness (QED) is 0.509. The van der Waals surface area contributed by atoms with Crippen LogP contribution in [0.1, 0.15) is 16.1 Å². The normalized spacial score (nSPS) is 10.8. The van der Waals surface area contributed by atoms with Crippen LogP contribution in [0.3, 0.4) is 0 Å². The van der Waals surface area contributed by atoms with E-state index in [-0.39, 0.29) is 26.6 Å². The monoisotopic (exact) mass is 342 g/mol. The minimum atomic E-state index is -0.641. The average molecular weight is 344 g/mol. The van der Waals surface area contributed by atoms with Crippen molar-refractivity contribution in [3.05, 3.63) is 56.8 Å². The first-order valence-electron chi connectivity index (χ1n) is 5.69. The van der Waals surface area contributed by atoms with Gasteiger partial charge in [-0.1, -0.05) is 65.1 Å². The molecule has 1 aromatic heterocycles. The second kappa shape index (κ2) is 6.76. The number of amides is 1. The largest absolute Gasteiger partial charge is 0.396 e. The highest BCUT2D eigenvalue weighted by molar-refractivity contribution is 6.46. The number of carbonyl (C=O) groups excluding carboxylic acids is 1. The van der Waals surface area contributed by atoms with Gasteiger partial charge in [-0.3, -0.25) is 4.79 Å². The predicted molar refractivity (Wildman–Crippen MR) is 85.2 cm³/mol. The molecule has 0 unspecified atom stereocenters. The van der Waals surface area contributed by atoms with Gasteiger partial charge in [-0.2, -0.15) is 5.10 Å². The highest BCUT2D eigenvalue weighted by Gasteiger charge is 2.19. The van der Waals surface area contributed by atoms with Crippen molar-refractivity contribution in [2.45, 2.75) is 0 Å². The van der Waals surface area contributed by atoms with Crippen LogP contribution in [-0.4, -0.2) is 17.1 Å². The molecule has 3 N–H and O–H groups in total. The molecule has 21 heavy (non-hydrogen) atoms. The molecule has 0 radical (unpaired) electrons. The Hall–Kier alpha value is -1.82. The van der Waals surface area contributed by atoms with Gasteiger partial charge in [-0.05, 0) is 5.56 Å². The third-order valence-electron chi connectivity index (χ3n) is 2.47. The van der Waals surface area contributed by atoms with Crippen LogP contribution in [0.25, 0.3) is 0 Å². The molecule has 2 aromatic rings. The Kier molecular flexibility index (Phi) is 5.01. The lowest BCUT2D eigenvalue weighted by atomic mass is 10.2. The topological polar surface area (TPSA) is 80.4 Å². The molecular weight excluding hydrogens is 335 g/mol. The van der Waals surface area contributed by atoms with Gasteiger partial charge in [-0.25, -0.2) is 10.4 Å². The van der Waals surface area contributed by atoms with E-state index >= 15 is 0 Å². The summed E-state index contributed by atoms with van der Waals surface area (Å²) in [6.45, 7) is 0. The number of hydrogen-bond donors (Lipinski definition) is 2. The average Bonchev–Trinajstić information content (AvgIpc) is 2.49. The number of halogens is 3. The number of pyridine rings is 1. The molecule has 0 aliphatic carbocycles. The van der Waals surface area contributed by atoms with E-state index in [9.17, 15) is 4.79 Å². The molecule has 0 saturated carbocycles. The first-order chi connectivity index (χ1) is 10.0. The van der Waals surface area contributed by atoms with E-state index in [2.05, 4.69) is 15.5 Å². The summed E-state index contributed by atoms with van der Waals surface area (Å²) in [6.07, 6.45) is 1.48. The first kappa shape index (κ1) is 15.6. The Labute approximate surface area is 135 Å². The van der Waals surface area contributed by atoms with Gasteiger partial charge in [-0.15, -0.1) is 0 Å². The number of nitrogens with two attached hydrogens (primary N) is 1. The Bertz CT molecular complexity index is 704. The number of hydrogen-bond acceptors (Lipinski definition) is 4. The summed E-state index contributed by atoms with van der Waals surface area (Å²) < 4.78 is 0. The van der Waals surface area contributed by atoms with Crippen LogP contribution in [0.4, 0.5) is 5.69 Å². The molecule has 0 atom stereocenters. The highest BCUT2D eigenvalue weighted by atomic mass is 35.5. The van der Waals surface area contributed by atoms with Gasteiger partial charge in [0.15, 0.2) is 10.8 Å². The molecule has 1 aromatic carbocycles. The summed E-state index contributed by atoms with van der Waals surface area (Å²) in [5, 5.41) is 3.63. The lowest BCUT2D eigenvalue weighted by Gasteiger charge is -2.07. The fourth-order valence-electron chi connectivity index (χ4n) is 1.44. The van der Waals surface area contributed by atoms with Crippen LogP contribution in [0.2, 0.25) is 15.2 Å². The van der Waals surface area contributed by atoms with Crippen molar-refractivity contribution < 1.29 is 4.79 Å². The Morgan fingerprint density at radius 2 is 1.86 bits per heavy atom. The molecule has 0 saturated heterocycles. The minimum Gasteiger partial charge on any atom is -0.396 e. The smallest absolute Gasteiger partial charge is 0.291 e. The third kappa shape index (κ3) is 3.64. The number of rotatable bonds is 3. The molecule has 0 bridgehead atoms. The lowest BCUT2D eigenvalue weighted by Crippen LogP contribution is -2.20. The van der Waals surface area contributed by atoms with Crippen LogP contribution in [0.5, 0.6) is 0 Å². The van der Waals surface area contributed by atoms with E-state index in [0.717, 1.165) is 5.56 Å². The maximum Gasteiger partial charge on any atom is 0.291 e. The van der Waals surface area contributed by atoms with Crippen LogP contribution in [0, 0.1) is 0 Å². The fourth-order valence-corrected chi connectivity index (χ4v) is 2.03. The molecule has 0 fully saturated rings. The number of carbonyl (C=O) groups is 1. The third-order valence-corrected chi connectivity index (χ3v) is 3.60. The summed E-state index contributed by atoms with van der Waals surface area (Å²) in [5.41, 5.74) is 8.60. The number of aromatic nitrogens is 1. The SMILES string of the molecule is Nc1c(Cl)c(Cl)nc(C(=O)N/N=C/c2ccccc2)c1Cl. The van der Waals surface area contributed by atoms with Gasteiger partial charge in [0.1, 0.15) is 5.02 Å². The van der Waals surface area contributed by atoms with Gasteiger partial charge in [0.25, 0.3) is 5.91 Å². The van der Waals surface area contributed by atoms with Gasteiger partial charge in [0.2, 0.25) is 0 Å². The second-order valence-corrected chi connectivity index (χ2v) is 5.02. The number of anilines is 1. The zero-order chi connectivity index (χ0) is 15.4. The highest BCUT2D eigenvalue weighted by Crippen LogP contribution is 2.34. The van der Waals surface area contributed by atoms with Gasteiger partial charge < -0.3 is 5.73 Å². The van der Waals surface area contributed by atoms with E-state index in [4.69, 9.17) is 40.5 Å². The number of nitrogen functional groups attached to an aromatic ring is 1. The molecule has 108 valence electrons. The Balaban J connectivity index is 2.16. The van der Waals surface area contributed by atoms with Crippen molar-refractivity contribution in [2.24, 2.45) is 5.10 Å². The first-order valence-corrected chi connectivity index (χ1v) is 6.82. The van der Waals surface area contributed by atoms with E-state index in [1.54, 1.807) is 0 Å². The molecule has 5 nitrogen and oxygen atoms in total. The molecule has 0 aliphatic rings. The van der Waals surface area contributed by atoms with Crippen molar-refractivity contribution in [1.82, 2.24) is 10.4 Å². The number of hydrazone groups is 1. The lowest BCUT2D eigenvalue weighted by molar-refractivity contribution is 0.0950. The van der Waals surface area contributed by atoms with Crippen molar-refractivity contribution >= 4 is 52.6 Å². The number of nitrogens with one attached hydrogen (secondary N) is 1. The second-order valence-electron chi connectivity index (χ2n) is 3.90. The van der Waals surface area contributed by atoms with Gasteiger partial charge in [0.05, 0.1) is 16.9 Å². The summed E-state index contributed by atoms with van der Waals surface area (Å²) in [7, 11) is 0. The van der Waals surface area contributed by atoms with Gasteiger partial charge in [0, 0.05) is 0 Å². The summed E-state index contributed by atoms with van der Waals surface area (Å²) in [4.78, 5) is 15.7. The minimum absolute atomic E-state index is 0.00415. The number of nitrogens with zero attached hydrogens (tertiary/aromatic N) is 2. The molecule has 8 heteroatoms. The molecular formula is C13H9Cl3N4O. The Morgan fingerprint density at radius 3 is 2.52 bits per heavy atom. The summed E-state index contributed by atoms with van der Waals surface area (Å²) >= 11 is 17.5. The zero-order valence-electron chi connectivity index (χ0n) is 10.5. The van der Waals surface area contributed by atoms with Crippen molar-refractivity contribution in [3.63, 3.8) is 0 Å². The standard InChI is InChI=1S/C13H9Cl3N4O/c14-8-10(17)9(15)12(16)19-11(8)13(21)20-18-6-7-4-2-1-3-5-7/h1-6H,(H2,17,19)(H,20,21)/b18-6+. The fraction of sp³-hybridized carbons (Fsp3) is 0.